The van der Waals surface area contributed by atoms with Gasteiger partial charge in [-0.3, -0.25) is 0 Å². The third kappa shape index (κ3) is 23.3. The third-order valence-corrected chi connectivity index (χ3v) is 0. The van der Waals surface area contributed by atoms with E-state index in [4.69, 9.17) is 0 Å². The van der Waals surface area contributed by atoms with Crippen LogP contribution in [0.2, 0.25) is 0 Å². The summed E-state index contributed by atoms with van der Waals surface area (Å²) in [5, 5.41) is 0. The zero-order chi connectivity index (χ0) is 4.71. The topological polar surface area (TPSA) is 0 Å². The molecule has 0 spiro atoms. The van der Waals surface area contributed by atoms with Gasteiger partial charge in [0, 0.05) is 0 Å². The quantitative estimate of drug-likeness (QED) is 0.596. The molecule has 0 aromatic carbocycles. The molecule has 0 amide bonds. The first-order valence-electron chi connectivity index (χ1n) is 0.342. The molecule has 5 heteroatoms. The van der Waals surface area contributed by atoms with Crippen molar-refractivity contribution >= 4 is 34.3 Å². The summed E-state index contributed by atoms with van der Waals surface area (Å²) in [6, 6.07) is 0. The van der Waals surface area contributed by atoms with Gasteiger partial charge in [0.1, 0.15) is 0 Å². The van der Waals surface area contributed by atoms with Gasteiger partial charge in [-0.15, -0.1) is 0 Å². The summed E-state index contributed by atoms with van der Waals surface area (Å²) >= 11 is 7.26. The van der Waals surface area contributed by atoms with Gasteiger partial charge in [-0.1, -0.05) is 0 Å². The minimum absolute atomic E-state index is 0.757. The van der Waals surface area contributed by atoms with Crippen molar-refractivity contribution in [2.24, 2.45) is 0 Å². The van der Waals surface area contributed by atoms with Gasteiger partial charge in [-0.25, -0.2) is 0 Å². The Hall–Kier alpha value is 2.10. The van der Waals surface area contributed by atoms with Crippen LogP contribution in [-0.4, -0.2) is 0 Å². The molecule has 0 heterocycles. The van der Waals surface area contributed by atoms with E-state index >= 15 is 0 Å². The van der Waals surface area contributed by atoms with Gasteiger partial charge in [0.05, 0.1) is 0 Å². The third-order valence-electron chi connectivity index (χ3n) is 0. The second kappa shape index (κ2) is 16.5. The first-order chi connectivity index (χ1) is 2.41. The van der Waals surface area contributed by atoms with Crippen LogP contribution in [0.25, 0.3) is 0 Å². The summed E-state index contributed by atoms with van der Waals surface area (Å²) in [6.45, 7) is 0. The van der Waals surface area contributed by atoms with Crippen molar-refractivity contribution in [3.05, 3.63) is 0 Å². The Labute approximate surface area is 61.1 Å². The normalized spacial score (nSPS) is 5.80. The zero-order valence-corrected chi connectivity index (χ0v) is 6.72. The van der Waals surface area contributed by atoms with E-state index in [0.717, 1.165) is 13.1 Å². The molecule has 0 atom stereocenters. The Morgan fingerprint density at radius 2 is 1.40 bits per heavy atom. The second-order valence-corrected chi connectivity index (χ2v) is 1.60. The molecular formula is BrCl2Cu2. The Balaban J connectivity index is 0. The van der Waals surface area contributed by atoms with E-state index in [0.29, 0.717) is 0 Å². The zero-order valence-electron chi connectivity index (χ0n) is 1.74. The molecule has 0 nitrogen and oxygen atoms in total. The molecule has 0 radical (unpaired) electrons. The standard InChI is InChI=1S/BrH.2ClH.2Cu/h3*1H;;/q;;;+1;+2/p-3. The van der Waals surface area contributed by atoms with Gasteiger partial charge >= 0.3 is 61.6 Å². The molecule has 0 aromatic heterocycles. The fourth-order valence-corrected chi connectivity index (χ4v) is 0. The summed E-state index contributed by atoms with van der Waals surface area (Å²) in [6.07, 6.45) is 0. The van der Waals surface area contributed by atoms with Crippen LogP contribution in [-0.2, 0) is 27.3 Å². The SMILES string of the molecule is [Cl][Cu][Cl].[Cu][Br]. The Bertz CT molecular complexity index is 7.61. The Kier molecular flexibility index (Phi) is 33.5. The Morgan fingerprint density at radius 1 is 1.40 bits per heavy atom. The molecule has 0 saturated carbocycles. The van der Waals surface area contributed by atoms with Crippen LogP contribution in [0.4, 0.5) is 0 Å². The molecule has 0 aliphatic heterocycles. The Morgan fingerprint density at radius 3 is 1.40 bits per heavy atom. The number of rotatable bonds is 0. The van der Waals surface area contributed by atoms with Gasteiger partial charge in [0.25, 0.3) is 0 Å². The summed E-state index contributed by atoms with van der Waals surface area (Å²) in [5.74, 6) is 0. The van der Waals surface area contributed by atoms with Gasteiger partial charge in [0.15, 0.2) is 0 Å². The fraction of sp³-hybridized carbons (Fsp3) is 0. The predicted molar refractivity (Wildman–Crippen MR) is 20.6 cm³/mol. The average Bonchev–Trinajstić information content (AvgIpc) is 1.46. The summed E-state index contributed by atoms with van der Waals surface area (Å²) in [7, 11) is 9.34. The van der Waals surface area contributed by atoms with Crippen molar-refractivity contribution in [3.8, 4) is 0 Å². The van der Waals surface area contributed by atoms with Crippen molar-refractivity contribution in [1.82, 2.24) is 0 Å². The van der Waals surface area contributed by atoms with Crippen molar-refractivity contribution in [2.45, 2.75) is 0 Å². The molecule has 0 aliphatic carbocycles. The van der Waals surface area contributed by atoms with E-state index < -0.39 is 0 Å². The van der Waals surface area contributed by atoms with Crippen molar-refractivity contribution in [1.29, 1.82) is 0 Å². The molecule has 0 aromatic rings. The molecule has 0 unspecified atom stereocenters. The van der Waals surface area contributed by atoms with Crippen LogP contribution in [0.1, 0.15) is 0 Å². The molecule has 0 N–H and O–H groups in total. The van der Waals surface area contributed by atoms with Crippen molar-refractivity contribution in [3.63, 3.8) is 0 Å². The van der Waals surface area contributed by atoms with Crippen molar-refractivity contribution < 1.29 is 27.3 Å². The van der Waals surface area contributed by atoms with Crippen LogP contribution >= 0.6 is 34.3 Å². The minimum atomic E-state index is 0.757. The van der Waals surface area contributed by atoms with E-state index in [1.54, 1.807) is 0 Å². The molecule has 0 aliphatic rings. The maximum absolute atomic E-state index is 4.67. The second-order valence-electron chi connectivity index (χ2n) is 0.0431. The van der Waals surface area contributed by atoms with Crippen LogP contribution in [0, 0.1) is 0 Å². The van der Waals surface area contributed by atoms with E-state index in [2.05, 4.69) is 48.5 Å². The van der Waals surface area contributed by atoms with Gasteiger partial charge < -0.3 is 0 Å². The van der Waals surface area contributed by atoms with E-state index in [1.165, 1.54) is 0 Å². The number of halogens is 3. The van der Waals surface area contributed by atoms with Gasteiger partial charge in [-0.2, -0.15) is 0 Å². The summed E-state index contributed by atoms with van der Waals surface area (Å²) < 4.78 is 0. The van der Waals surface area contributed by atoms with E-state index in [1.807, 2.05) is 0 Å². The number of hydrogen-bond acceptors (Lipinski definition) is 0. The average molecular weight is 278 g/mol. The monoisotopic (exact) mass is 275 g/mol. The van der Waals surface area contributed by atoms with Crippen LogP contribution < -0.4 is 0 Å². The molecule has 5 heavy (non-hydrogen) atoms. The fourth-order valence-electron chi connectivity index (χ4n) is 0. The molecule has 0 saturated heterocycles. The van der Waals surface area contributed by atoms with Crippen LogP contribution in [0.3, 0.4) is 0 Å². The molecule has 43 valence electrons. The maximum atomic E-state index is 4.67. The molecule has 0 fully saturated rings. The molecular weight excluding hydrogens is 278 g/mol. The van der Waals surface area contributed by atoms with Crippen LogP contribution in [0.5, 0.6) is 0 Å². The van der Waals surface area contributed by atoms with Gasteiger partial charge in [-0.05, 0) is 0 Å². The summed E-state index contributed by atoms with van der Waals surface area (Å²) in [5.41, 5.74) is 0. The predicted octanol–water partition coefficient (Wildman–Crippen LogP) is 2.22. The summed E-state index contributed by atoms with van der Waals surface area (Å²) in [4.78, 5) is 0. The molecule has 0 bridgehead atoms. The van der Waals surface area contributed by atoms with E-state index in [9.17, 15) is 0 Å². The molecule has 0 rings (SSSR count). The number of hydrogen-bond donors (Lipinski definition) is 0. The van der Waals surface area contributed by atoms with E-state index in [-0.39, 0.29) is 0 Å². The van der Waals surface area contributed by atoms with Crippen LogP contribution in [0.15, 0.2) is 0 Å². The van der Waals surface area contributed by atoms with Crippen molar-refractivity contribution in [2.75, 3.05) is 0 Å². The van der Waals surface area contributed by atoms with Gasteiger partial charge in [0.2, 0.25) is 0 Å². The first-order valence-corrected chi connectivity index (χ1v) is 5.26. The first kappa shape index (κ1) is 10.2.